The van der Waals surface area contributed by atoms with Crippen LogP contribution in [0.2, 0.25) is 0 Å². The van der Waals surface area contributed by atoms with E-state index < -0.39 is 34.5 Å². The summed E-state index contributed by atoms with van der Waals surface area (Å²) in [6, 6.07) is 22.3. The molecule has 4 atom stereocenters. The van der Waals surface area contributed by atoms with E-state index in [1.165, 1.54) is 0 Å². The number of benzene rings is 2. The lowest BCUT2D eigenvalue weighted by molar-refractivity contribution is -0.253. The summed E-state index contributed by atoms with van der Waals surface area (Å²) in [6.45, 7) is 1.66. The van der Waals surface area contributed by atoms with Crippen molar-refractivity contribution in [1.82, 2.24) is 0 Å². The first-order valence-corrected chi connectivity index (χ1v) is 9.68. The number of hydrogen-bond donors (Lipinski definition) is 1. The molecule has 29 heavy (non-hydrogen) atoms. The number of nitriles is 3. The third-order valence-electron chi connectivity index (χ3n) is 5.82. The van der Waals surface area contributed by atoms with Gasteiger partial charge in [0, 0.05) is 11.4 Å². The second-order valence-electron chi connectivity index (χ2n) is 7.29. The standard InChI is InChI=1S/C22H15BrN4O2/c1-20-17(14-5-3-2-4-6-14)22(13-26,19(27)29-20)21(11-24,12-25)18(28-20)15-7-9-16(23)10-8-15/h2-10,17-18,27H,1H3. The third kappa shape index (κ3) is 2.31. The van der Waals surface area contributed by atoms with Gasteiger partial charge < -0.3 is 9.47 Å². The molecule has 2 bridgehead atoms. The van der Waals surface area contributed by atoms with Crippen molar-refractivity contribution in [2.75, 3.05) is 0 Å². The number of nitrogens with zero attached hydrogens (tertiary/aromatic N) is 3. The topological polar surface area (TPSA) is 114 Å². The van der Waals surface area contributed by atoms with Gasteiger partial charge in [-0.25, -0.2) is 0 Å². The molecule has 2 aromatic carbocycles. The first-order chi connectivity index (χ1) is 13.9. The van der Waals surface area contributed by atoms with Crippen LogP contribution in [-0.4, -0.2) is 11.7 Å². The second-order valence-corrected chi connectivity index (χ2v) is 8.21. The molecule has 142 valence electrons. The Morgan fingerprint density at radius 3 is 2.10 bits per heavy atom. The summed E-state index contributed by atoms with van der Waals surface area (Å²) in [4.78, 5) is 0. The van der Waals surface area contributed by atoms with Gasteiger partial charge in [-0.1, -0.05) is 58.4 Å². The molecule has 2 fully saturated rings. The Balaban J connectivity index is 2.03. The van der Waals surface area contributed by atoms with Crippen molar-refractivity contribution in [2.24, 2.45) is 10.8 Å². The maximum absolute atomic E-state index is 10.4. The first-order valence-electron chi connectivity index (χ1n) is 8.88. The lowest BCUT2D eigenvalue weighted by Gasteiger charge is -2.48. The molecule has 0 saturated carbocycles. The number of nitrogens with one attached hydrogen (secondary N) is 1. The molecule has 0 aliphatic carbocycles. The van der Waals surface area contributed by atoms with E-state index in [-0.39, 0.29) is 0 Å². The van der Waals surface area contributed by atoms with E-state index in [1.807, 2.05) is 6.07 Å². The summed E-state index contributed by atoms with van der Waals surface area (Å²) in [6.07, 6.45) is -1.07. The van der Waals surface area contributed by atoms with Gasteiger partial charge in [0.15, 0.2) is 5.41 Å². The van der Waals surface area contributed by atoms with Crippen molar-refractivity contribution in [3.05, 3.63) is 70.2 Å². The predicted molar refractivity (Wildman–Crippen MR) is 106 cm³/mol. The molecule has 1 N–H and O–H groups in total. The summed E-state index contributed by atoms with van der Waals surface area (Å²) in [5.74, 6) is -2.62. The molecule has 2 heterocycles. The Bertz CT molecular complexity index is 1100. The van der Waals surface area contributed by atoms with E-state index in [9.17, 15) is 15.8 Å². The summed E-state index contributed by atoms with van der Waals surface area (Å²) in [5.41, 5.74) is -2.58. The zero-order valence-electron chi connectivity index (χ0n) is 15.4. The Kier molecular flexibility index (Phi) is 4.24. The Labute approximate surface area is 176 Å². The van der Waals surface area contributed by atoms with E-state index >= 15 is 0 Å². The highest BCUT2D eigenvalue weighted by Crippen LogP contribution is 2.69. The van der Waals surface area contributed by atoms with Crippen molar-refractivity contribution in [1.29, 1.82) is 21.2 Å². The average Bonchev–Trinajstić information content (AvgIpc) is 2.92. The summed E-state index contributed by atoms with van der Waals surface area (Å²) >= 11 is 3.37. The number of rotatable bonds is 2. The summed E-state index contributed by atoms with van der Waals surface area (Å²) < 4.78 is 12.9. The normalized spacial score (nSPS) is 31.8. The first kappa shape index (κ1) is 19.2. The largest absolute Gasteiger partial charge is 0.447 e. The van der Waals surface area contributed by atoms with Crippen LogP contribution < -0.4 is 0 Å². The maximum atomic E-state index is 10.4. The quantitative estimate of drug-likeness (QED) is 0.725. The maximum Gasteiger partial charge on any atom is 0.218 e. The fraction of sp³-hybridized carbons (Fsp3) is 0.273. The van der Waals surface area contributed by atoms with Crippen LogP contribution in [0.15, 0.2) is 59.1 Å². The molecule has 0 radical (unpaired) electrons. The van der Waals surface area contributed by atoms with E-state index in [2.05, 4.69) is 34.1 Å². The van der Waals surface area contributed by atoms with Gasteiger partial charge in [-0.3, -0.25) is 5.41 Å². The Hall–Kier alpha value is -3.18. The zero-order valence-corrected chi connectivity index (χ0v) is 17.0. The minimum Gasteiger partial charge on any atom is -0.447 e. The van der Waals surface area contributed by atoms with Crippen molar-refractivity contribution in [3.63, 3.8) is 0 Å². The minimum absolute atomic E-state index is 0.418. The number of fused-ring (bicyclic) bond motifs is 2. The van der Waals surface area contributed by atoms with Gasteiger partial charge in [-0.2, -0.15) is 15.8 Å². The van der Waals surface area contributed by atoms with E-state index in [0.717, 1.165) is 4.47 Å². The van der Waals surface area contributed by atoms with Crippen LogP contribution >= 0.6 is 15.9 Å². The van der Waals surface area contributed by atoms with Crippen LogP contribution in [0.25, 0.3) is 0 Å². The molecule has 0 aromatic heterocycles. The highest BCUT2D eigenvalue weighted by Gasteiger charge is 2.79. The summed E-state index contributed by atoms with van der Waals surface area (Å²) in [5, 5.41) is 39.4. The van der Waals surface area contributed by atoms with E-state index in [0.29, 0.717) is 11.1 Å². The lowest BCUT2D eigenvalue weighted by Crippen LogP contribution is -2.57. The molecule has 2 aliphatic heterocycles. The number of halogens is 1. The average molecular weight is 447 g/mol. The van der Waals surface area contributed by atoms with Gasteiger partial charge in [-0.15, -0.1) is 0 Å². The Morgan fingerprint density at radius 1 is 0.931 bits per heavy atom. The predicted octanol–water partition coefficient (Wildman–Crippen LogP) is 4.57. The Morgan fingerprint density at radius 2 is 1.55 bits per heavy atom. The molecule has 6 nitrogen and oxygen atoms in total. The van der Waals surface area contributed by atoms with Crippen molar-refractivity contribution < 1.29 is 9.47 Å². The van der Waals surface area contributed by atoms with Gasteiger partial charge >= 0.3 is 0 Å². The third-order valence-corrected chi connectivity index (χ3v) is 6.35. The highest BCUT2D eigenvalue weighted by molar-refractivity contribution is 9.10. The van der Waals surface area contributed by atoms with Gasteiger partial charge in [0.25, 0.3) is 0 Å². The van der Waals surface area contributed by atoms with Gasteiger partial charge in [-0.05, 0) is 23.3 Å². The molecule has 2 saturated heterocycles. The molecule has 2 aromatic rings. The van der Waals surface area contributed by atoms with Crippen molar-refractivity contribution in [3.8, 4) is 18.2 Å². The molecular formula is C22H15BrN4O2. The van der Waals surface area contributed by atoms with Crippen molar-refractivity contribution in [2.45, 2.75) is 24.7 Å². The van der Waals surface area contributed by atoms with Crippen LogP contribution in [0.1, 0.15) is 30.1 Å². The lowest BCUT2D eigenvalue weighted by atomic mass is 9.52. The van der Waals surface area contributed by atoms with Gasteiger partial charge in [0.1, 0.15) is 6.10 Å². The summed E-state index contributed by atoms with van der Waals surface area (Å²) in [7, 11) is 0. The molecule has 2 aliphatic rings. The van der Waals surface area contributed by atoms with Crippen molar-refractivity contribution >= 4 is 21.8 Å². The van der Waals surface area contributed by atoms with Gasteiger partial charge in [0.05, 0.1) is 24.1 Å². The molecule has 7 heteroatoms. The minimum atomic E-state index is -1.98. The fourth-order valence-electron chi connectivity index (χ4n) is 4.57. The smallest absolute Gasteiger partial charge is 0.218 e. The zero-order chi connectivity index (χ0) is 20.9. The number of hydrogen-bond acceptors (Lipinski definition) is 6. The fourth-order valence-corrected chi connectivity index (χ4v) is 4.83. The van der Waals surface area contributed by atoms with Crippen LogP contribution in [-0.2, 0) is 9.47 Å². The number of ether oxygens (including phenoxy) is 2. The molecule has 0 amide bonds. The van der Waals surface area contributed by atoms with E-state index in [4.69, 9.17) is 14.9 Å². The highest BCUT2D eigenvalue weighted by atomic mass is 79.9. The van der Waals surface area contributed by atoms with Crippen LogP contribution in [0.3, 0.4) is 0 Å². The van der Waals surface area contributed by atoms with Crippen LogP contribution in [0, 0.1) is 50.2 Å². The monoisotopic (exact) mass is 446 g/mol. The molecular weight excluding hydrogens is 432 g/mol. The molecule has 4 unspecified atom stereocenters. The van der Waals surface area contributed by atoms with Crippen LogP contribution in [0.5, 0.6) is 0 Å². The second kappa shape index (κ2) is 6.42. The van der Waals surface area contributed by atoms with Crippen LogP contribution in [0.4, 0.5) is 0 Å². The van der Waals surface area contributed by atoms with Gasteiger partial charge in [0.2, 0.25) is 17.1 Å². The molecule has 0 spiro atoms. The molecule has 4 rings (SSSR count). The van der Waals surface area contributed by atoms with E-state index in [1.54, 1.807) is 55.5 Å². The SMILES string of the molecule is CC12OC(=N)C(C#N)(C1c1ccccc1)C(C#N)(C#N)C(c1ccc(Br)cc1)O2.